The van der Waals surface area contributed by atoms with Crippen molar-refractivity contribution in [1.82, 2.24) is 15.3 Å². The highest BCUT2D eigenvalue weighted by Crippen LogP contribution is 2.30. The Morgan fingerprint density at radius 3 is 2.71 bits per heavy atom. The summed E-state index contributed by atoms with van der Waals surface area (Å²) in [6.45, 7) is 6.83. The highest BCUT2D eigenvalue weighted by Gasteiger charge is 2.09. The van der Waals surface area contributed by atoms with Crippen LogP contribution in [0.25, 0.3) is 0 Å². The van der Waals surface area contributed by atoms with Gasteiger partial charge < -0.3 is 10.1 Å². The van der Waals surface area contributed by atoms with E-state index in [0.29, 0.717) is 21.8 Å². The van der Waals surface area contributed by atoms with E-state index in [-0.39, 0.29) is 6.01 Å². The van der Waals surface area contributed by atoms with E-state index < -0.39 is 0 Å². The van der Waals surface area contributed by atoms with Gasteiger partial charge in [-0.05, 0) is 19.1 Å². The van der Waals surface area contributed by atoms with Crippen molar-refractivity contribution in [3.05, 3.63) is 45.7 Å². The molecule has 1 aromatic heterocycles. The van der Waals surface area contributed by atoms with E-state index in [1.54, 1.807) is 24.4 Å². The second-order valence-corrected chi connectivity index (χ2v) is 5.82. The van der Waals surface area contributed by atoms with Crippen LogP contribution >= 0.6 is 23.2 Å². The molecule has 1 N–H and O–H groups in total. The van der Waals surface area contributed by atoms with Gasteiger partial charge in [-0.1, -0.05) is 37.0 Å². The smallest absolute Gasteiger partial charge is 0.322 e. The Morgan fingerprint density at radius 1 is 1.29 bits per heavy atom. The number of aryl methyl sites for hydroxylation is 1. The van der Waals surface area contributed by atoms with Crippen LogP contribution in [0.5, 0.6) is 11.8 Å². The number of ether oxygens (including phenoxy) is 1. The first-order valence-corrected chi connectivity index (χ1v) is 7.40. The molecule has 0 aliphatic heterocycles. The third-order valence-corrected chi connectivity index (χ3v) is 3.40. The first-order valence-electron chi connectivity index (χ1n) is 6.64. The summed E-state index contributed by atoms with van der Waals surface area (Å²) in [7, 11) is 0. The number of hydrogen-bond acceptors (Lipinski definition) is 4. The molecule has 0 bridgehead atoms. The van der Waals surface area contributed by atoms with Gasteiger partial charge in [0.25, 0.3) is 0 Å². The Morgan fingerprint density at radius 2 is 2.05 bits per heavy atom. The van der Waals surface area contributed by atoms with Crippen LogP contribution in [0, 0.1) is 6.92 Å². The van der Waals surface area contributed by atoms with Gasteiger partial charge in [0.15, 0.2) is 5.75 Å². The monoisotopic (exact) mass is 325 g/mol. The van der Waals surface area contributed by atoms with Crippen LogP contribution in [0.1, 0.15) is 25.1 Å². The van der Waals surface area contributed by atoms with E-state index in [2.05, 4.69) is 29.1 Å². The number of nitrogens with zero attached hydrogens (tertiary/aromatic N) is 2. The predicted octanol–water partition coefficient (Wildman–Crippen LogP) is 4.38. The standard InChI is InChI=1S/C15H17Cl2N3O/c1-9(2)18-7-11-8-19-15(20-10(11)3)21-14-6-12(16)4-5-13(14)17/h4-6,8-9,18H,7H2,1-3H3. The summed E-state index contributed by atoms with van der Waals surface area (Å²) in [5, 5.41) is 4.34. The molecule has 0 aliphatic rings. The van der Waals surface area contributed by atoms with Gasteiger partial charge in [-0.25, -0.2) is 4.98 Å². The number of nitrogens with one attached hydrogen (secondary N) is 1. The lowest BCUT2D eigenvalue weighted by atomic mass is 10.2. The summed E-state index contributed by atoms with van der Waals surface area (Å²) >= 11 is 12.0. The quantitative estimate of drug-likeness (QED) is 0.886. The van der Waals surface area contributed by atoms with Gasteiger partial charge in [0.2, 0.25) is 0 Å². The topological polar surface area (TPSA) is 47.0 Å². The third kappa shape index (κ3) is 4.56. The summed E-state index contributed by atoms with van der Waals surface area (Å²) in [6, 6.07) is 5.67. The molecule has 4 nitrogen and oxygen atoms in total. The Bertz CT molecular complexity index is 632. The van der Waals surface area contributed by atoms with Crippen LogP contribution in [0.15, 0.2) is 24.4 Å². The van der Waals surface area contributed by atoms with Gasteiger partial charge in [0.05, 0.1) is 5.02 Å². The third-order valence-electron chi connectivity index (χ3n) is 2.85. The Kier molecular flexibility index (Phi) is 5.39. The molecule has 1 aromatic carbocycles. The molecular formula is C15H17Cl2N3O. The average Bonchev–Trinajstić information content (AvgIpc) is 2.42. The molecule has 0 amide bonds. The molecule has 21 heavy (non-hydrogen) atoms. The lowest BCUT2D eigenvalue weighted by molar-refractivity contribution is 0.439. The molecule has 0 saturated carbocycles. The first-order chi connectivity index (χ1) is 9.95. The summed E-state index contributed by atoms with van der Waals surface area (Å²) in [4.78, 5) is 8.55. The fraction of sp³-hybridized carbons (Fsp3) is 0.333. The molecule has 112 valence electrons. The Hall–Kier alpha value is -1.36. The van der Waals surface area contributed by atoms with Crippen molar-refractivity contribution in [3.8, 4) is 11.8 Å². The van der Waals surface area contributed by atoms with E-state index in [1.807, 2.05) is 6.92 Å². The van der Waals surface area contributed by atoms with Crippen LogP contribution in [-0.2, 0) is 6.54 Å². The number of hydrogen-bond donors (Lipinski definition) is 1. The molecule has 0 fully saturated rings. The largest absolute Gasteiger partial charge is 0.423 e. The molecule has 1 heterocycles. The predicted molar refractivity (Wildman–Crippen MR) is 85.3 cm³/mol. The molecular weight excluding hydrogens is 309 g/mol. The number of benzene rings is 1. The normalized spacial score (nSPS) is 11.0. The van der Waals surface area contributed by atoms with Gasteiger partial charge in [0.1, 0.15) is 0 Å². The summed E-state index contributed by atoms with van der Waals surface area (Å²) < 4.78 is 5.59. The average molecular weight is 326 g/mol. The van der Waals surface area contributed by atoms with Gasteiger partial charge >= 0.3 is 6.01 Å². The zero-order valence-electron chi connectivity index (χ0n) is 12.2. The van der Waals surface area contributed by atoms with E-state index in [4.69, 9.17) is 27.9 Å². The zero-order chi connectivity index (χ0) is 15.4. The SMILES string of the molecule is Cc1nc(Oc2cc(Cl)ccc2Cl)ncc1CNC(C)C. The maximum Gasteiger partial charge on any atom is 0.322 e. The first kappa shape index (κ1) is 16.0. The molecule has 0 saturated heterocycles. The second kappa shape index (κ2) is 7.07. The van der Waals surface area contributed by atoms with E-state index >= 15 is 0 Å². The molecule has 2 aromatic rings. The minimum atomic E-state index is 0.255. The van der Waals surface area contributed by atoms with Crippen LogP contribution < -0.4 is 10.1 Å². The minimum absolute atomic E-state index is 0.255. The highest BCUT2D eigenvalue weighted by atomic mass is 35.5. The van der Waals surface area contributed by atoms with E-state index in [0.717, 1.165) is 17.8 Å². The Balaban J connectivity index is 2.14. The van der Waals surface area contributed by atoms with E-state index in [9.17, 15) is 0 Å². The van der Waals surface area contributed by atoms with Gasteiger partial charge in [-0.15, -0.1) is 0 Å². The second-order valence-electron chi connectivity index (χ2n) is 4.98. The lowest BCUT2D eigenvalue weighted by Gasteiger charge is -2.11. The van der Waals surface area contributed by atoms with Crippen LogP contribution in [-0.4, -0.2) is 16.0 Å². The minimum Gasteiger partial charge on any atom is -0.423 e. The molecule has 0 aliphatic carbocycles. The number of rotatable bonds is 5. The van der Waals surface area contributed by atoms with Crippen molar-refractivity contribution in [2.24, 2.45) is 0 Å². The van der Waals surface area contributed by atoms with Crippen molar-refractivity contribution < 1.29 is 4.74 Å². The van der Waals surface area contributed by atoms with Crippen LogP contribution in [0.4, 0.5) is 0 Å². The zero-order valence-corrected chi connectivity index (χ0v) is 13.7. The van der Waals surface area contributed by atoms with Crippen LogP contribution in [0.2, 0.25) is 10.0 Å². The van der Waals surface area contributed by atoms with Gasteiger partial charge in [0, 0.05) is 41.1 Å². The van der Waals surface area contributed by atoms with E-state index in [1.165, 1.54) is 0 Å². The number of aromatic nitrogens is 2. The highest BCUT2D eigenvalue weighted by molar-refractivity contribution is 6.34. The summed E-state index contributed by atoms with van der Waals surface area (Å²) in [6.07, 6.45) is 1.76. The molecule has 0 spiro atoms. The van der Waals surface area contributed by atoms with Gasteiger partial charge in [-0.3, -0.25) is 0 Å². The van der Waals surface area contributed by atoms with Gasteiger partial charge in [-0.2, -0.15) is 4.98 Å². The van der Waals surface area contributed by atoms with Crippen molar-refractivity contribution in [1.29, 1.82) is 0 Å². The molecule has 0 atom stereocenters. The molecule has 0 unspecified atom stereocenters. The summed E-state index contributed by atoms with van der Waals surface area (Å²) in [5.41, 5.74) is 1.90. The fourth-order valence-corrected chi connectivity index (χ4v) is 1.98. The van der Waals surface area contributed by atoms with Crippen molar-refractivity contribution in [2.75, 3.05) is 0 Å². The molecule has 2 rings (SSSR count). The van der Waals surface area contributed by atoms with Crippen molar-refractivity contribution in [3.63, 3.8) is 0 Å². The maximum absolute atomic E-state index is 6.05. The molecule has 0 radical (unpaired) electrons. The fourth-order valence-electron chi connectivity index (χ4n) is 1.66. The van der Waals surface area contributed by atoms with Crippen molar-refractivity contribution >= 4 is 23.2 Å². The lowest BCUT2D eigenvalue weighted by Crippen LogP contribution is -2.22. The summed E-state index contributed by atoms with van der Waals surface area (Å²) in [5.74, 6) is 0.441. The Labute approximate surface area is 134 Å². The maximum atomic E-state index is 6.05. The van der Waals surface area contributed by atoms with Crippen molar-refractivity contribution in [2.45, 2.75) is 33.4 Å². The molecule has 6 heteroatoms. The number of halogens is 2. The van der Waals surface area contributed by atoms with Crippen LogP contribution in [0.3, 0.4) is 0 Å².